The highest BCUT2D eigenvalue weighted by Crippen LogP contribution is 2.20. The van der Waals surface area contributed by atoms with E-state index < -0.39 is 0 Å². The molecule has 2 rings (SSSR count). The molecule has 0 aliphatic heterocycles. The summed E-state index contributed by atoms with van der Waals surface area (Å²) in [5.41, 5.74) is 8.15. The van der Waals surface area contributed by atoms with Gasteiger partial charge in [0.05, 0.1) is 10.7 Å². The molecule has 0 heterocycles. The number of halogens is 1. The van der Waals surface area contributed by atoms with E-state index in [2.05, 4.69) is 0 Å². The highest BCUT2D eigenvalue weighted by molar-refractivity contribution is 6.33. The molecule has 0 saturated heterocycles. The van der Waals surface area contributed by atoms with Gasteiger partial charge < -0.3 is 5.73 Å². The third kappa shape index (κ3) is 3.34. The standard InChI is InChI=1S/C15H14ClNO/c16-14-7-6-12(10-15(14)17)9-13(18)8-11-4-2-1-3-5-11/h1-7,10H,8-9,17H2. The zero-order valence-electron chi connectivity index (χ0n) is 9.90. The van der Waals surface area contributed by atoms with Crippen molar-refractivity contribution in [3.8, 4) is 0 Å². The van der Waals surface area contributed by atoms with Crippen LogP contribution in [-0.2, 0) is 17.6 Å². The van der Waals surface area contributed by atoms with Gasteiger partial charge in [-0.05, 0) is 23.3 Å². The third-order valence-corrected chi connectivity index (χ3v) is 3.05. The third-order valence-electron chi connectivity index (χ3n) is 2.71. The molecular formula is C15H14ClNO. The number of carbonyl (C=O) groups excluding carboxylic acids is 1. The van der Waals surface area contributed by atoms with E-state index in [1.54, 1.807) is 12.1 Å². The summed E-state index contributed by atoms with van der Waals surface area (Å²) in [7, 11) is 0. The van der Waals surface area contributed by atoms with Crippen LogP contribution >= 0.6 is 11.6 Å². The minimum absolute atomic E-state index is 0.169. The van der Waals surface area contributed by atoms with Crippen molar-refractivity contribution in [2.75, 3.05) is 5.73 Å². The van der Waals surface area contributed by atoms with E-state index in [9.17, 15) is 4.79 Å². The number of anilines is 1. The fourth-order valence-electron chi connectivity index (χ4n) is 1.82. The number of nitrogens with two attached hydrogens (primary N) is 1. The summed E-state index contributed by atoms with van der Waals surface area (Å²) in [5, 5.41) is 0.522. The van der Waals surface area contributed by atoms with Gasteiger partial charge in [0, 0.05) is 12.8 Å². The first-order valence-corrected chi connectivity index (χ1v) is 6.12. The number of rotatable bonds is 4. The zero-order valence-corrected chi connectivity index (χ0v) is 10.7. The van der Waals surface area contributed by atoms with E-state index in [0.717, 1.165) is 11.1 Å². The van der Waals surface area contributed by atoms with E-state index in [1.165, 1.54) is 0 Å². The second-order valence-corrected chi connectivity index (χ2v) is 4.64. The van der Waals surface area contributed by atoms with E-state index in [-0.39, 0.29) is 5.78 Å². The van der Waals surface area contributed by atoms with Crippen molar-refractivity contribution in [1.29, 1.82) is 0 Å². The van der Waals surface area contributed by atoms with Gasteiger partial charge in [0.1, 0.15) is 5.78 Å². The molecule has 2 aromatic carbocycles. The highest BCUT2D eigenvalue weighted by Gasteiger charge is 2.06. The van der Waals surface area contributed by atoms with Crippen molar-refractivity contribution in [3.05, 3.63) is 64.7 Å². The summed E-state index contributed by atoms with van der Waals surface area (Å²) < 4.78 is 0. The Morgan fingerprint density at radius 1 is 1.00 bits per heavy atom. The quantitative estimate of drug-likeness (QED) is 0.857. The Labute approximate surface area is 111 Å². The molecule has 2 aromatic rings. The fraction of sp³-hybridized carbons (Fsp3) is 0.133. The van der Waals surface area contributed by atoms with Gasteiger partial charge >= 0.3 is 0 Å². The van der Waals surface area contributed by atoms with Crippen LogP contribution in [0.4, 0.5) is 5.69 Å². The van der Waals surface area contributed by atoms with Gasteiger partial charge in [-0.15, -0.1) is 0 Å². The molecule has 2 nitrogen and oxygen atoms in total. The van der Waals surface area contributed by atoms with E-state index in [0.29, 0.717) is 23.6 Å². The van der Waals surface area contributed by atoms with Gasteiger partial charge in [-0.3, -0.25) is 4.79 Å². The lowest BCUT2D eigenvalue weighted by molar-refractivity contribution is -0.117. The topological polar surface area (TPSA) is 43.1 Å². The van der Waals surface area contributed by atoms with Gasteiger partial charge in [-0.1, -0.05) is 48.0 Å². The van der Waals surface area contributed by atoms with E-state index in [4.69, 9.17) is 17.3 Å². The average molecular weight is 260 g/mol. The molecule has 0 aromatic heterocycles. The molecule has 0 unspecified atom stereocenters. The Bertz CT molecular complexity index is 552. The molecule has 0 aliphatic rings. The summed E-state index contributed by atoms with van der Waals surface area (Å²) in [6.07, 6.45) is 0.833. The number of benzene rings is 2. The SMILES string of the molecule is Nc1cc(CC(=O)Cc2ccccc2)ccc1Cl. The Kier molecular flexibility index (Phi) is 4.00. The molecule has 0 atom stereocenters. The van der Waals surface area contributed by atoms with Crippen molar-refractivity contribution in [2.45, 2.75) is 12.8 Å². The maximum absolute atomic E-state index is 11.9. The largest absolute Gasteiger partial charge is 0.398 e. The van der Waals surface area contributed by atoms with Crippen LogP contribution in [0.15, 0.2) is 48.5 Å². The van der Waals surface area contributed by atoms with Crippen molar-refractivity contribution >= 4 is 23.1 Å². The minimum Gasteiger partial charge on any atom is -0.398 e. The van der Waals surface area contributed by atoms with Crippen LogP contribution < -0.4 is 5.73 Å². The smallest absolute Gasteiger partial charge is 0.141 e. The van der Waals surface area contributed by atoms with Crippen molar-refractivity contribution < 1.29 is 4.79 Å². The van der Waals surface area contributed by atoms with Gasteiger partial charge in [-0.2, -0.15) is 0 Å². The molecule has 92 valence electrons. The van der Waals surface area contributed by atoms with Crippen molar-refractivity contribution in [1.82, 2.24) is 0 Å². The maximum Gasteiger partial charge on any atom is 0.141 e. The summed E-state index contributed by atoms with van der Waals surface area (Å²) in [6, 6.07) is 15.0. The molecule has 0 aliphatic carbocycles. The minimum atomic E-state index is 0.169. The normalized spacial score (nSPS) is 10.3. The van der Waals surface area contributed by atoms with Crippen LogP contribution in [0.25, 0.3) is 0 Å². The molecule has 0 bridgehead atoms. The molecule has 0 fully saturated rings. The van der Waals surface area contributed by atoms with Crippen molar-refractivity contribution in [3.63, 3.8) is 0 Å². The number of nitrogen functional groups attached to an aromatic ring is 1. The van der Waals surface area contributed by atoms with Gasteiger partial charge in [0.15, 0.2) is 0 Å². The summed E-state index contributed by atoms with van der Waals surface area (Å²) in [6.45, 7) is 0. The lowest BCUT2D eigenvalue weighted by atomic mass is 10.0. The summed E-state index contributed by atoms with van der Waals surface area (Å²) in [4.78, 5) is 11.9. The Morgan fingerprint density at radius 3 is 2.33 bits per heavy atom. The second-order valence-electron chi connectivity index (χ2n) is 4.23. The number of Topliss-reactive ketones (excluding diaryl/α,β-unsaturated/α-hetero) is 1. The molecule has 2 N–H and O–H groups in total. The number of hydrogen-bond donors (Lipinski definition) is 1. The maximum atomic E-state index is 11.9. The van der Waals surface area contributed by atoms with Crippen LogP contribution in [0, 0.1) is 0 Å². The lowest BCUT2D eigenvalue weighted by Gasteiger charge is -2.04. The fourth-order valence-corrected chi connectivity index (χ4v) is 1.93. The van der Waals surface area contributed by atoms with Crippen LogP contribution in [-0.4, -0.2) is 5.78 Å². The predicted octanol–water partition coefficient (Wildman–Crippen LogP) is 3.28. The molecule has 0 radical (unpaired) electrons. The van der Waals surface area contributed by atoms with Gasteiger partial charge in [0.25, 0.3) is 0 Å². The molecule has 0 saturated carbocycles. The zero-order chi connectivity index (χ0) is 13.0. The molecular weight excluding hydrogens is 246 g/mol. The van der Waals surface area contributed by atoms with Gasteiger partial charge in [-0.25, -0.2) is 0 Å². The molecule has 0 amide bonds. The van der Waals surface area contributed by atoms with Crippen LogP contribution in [0.3, 0.4) is 0 Å². The Morgan fingerprint density at radius 2 is 1.67 bits per heavy atom. The first-order valence-electron chi connectivity index (χ1n) is 5.74. The number of ketones is 1. The predicted molar refractivity (Wildman–Crippen MR) is 74.7 cm³/mol. The van der Waals surface area contributed by atoms with Crippen LogP contribution in [0.1, 0.15) is 11.1 Å². The monoisotopic (exact) mass is 259 g/mol. The first kappa shape index (κ1) is 12.7. The van der Waals surface area contributed by atoms with Gasteiger partial charge in [0.2, 0.25) is 0 Å². The average Bonchev–Trinajstić information content (AvgIpc) is 2.35. The Balaban J connectivity index is 2.01. The first-order chi connectivity index (χ1) is 8.65. The highest BCUT2D eigenvalue weighted by atomic mass is 35.5. The molecule has 18 heavy (non-hydrogen) atoms. The van der Waals surface area contributed by atoms with Crippen molar-refractivity contribution in [2.24, 2.45) is 0 Å². The summed E-state index contributed by atoms with van der Waals surface area (Å²) in [5.74, 6) is 0.169. The van der Waals surface area contributed by atoms with Crippen LogP contribution in [0.5, 0.6) is 0 Å². The second kappa shape index (κ2) is 5.69. The number of hydrogen-bond acceptors (Lipinski definition) is 2. The van der Waals surface area contributed by atoms with E-state index in [1.807, 2.05) is 36.4 Å². The van der Waals surface area contributed by atoms with Crippen LogP contribution in [0.2, 0.25) is 5.02 Å². The summed E-state index contributed by atoms with van der Waals surface area (Å²) >= 11 is 5.84. The molecule has 0 spiro atoms. The number of carbonyl (C=O) groups is 1. The molecule has 3 heteroatoms. The Hall–Kier alpha value is -1.80. The van der Waals surface area contributed by atoms with E-state index >= 15 is 0 Å². The lowest BCUT2D eigenvalue weighted by Crippen LogP contribution is -2.06.